The zero-order valence-electron chi connectivity index (χ0n) is 14.0. The van der Waals surface area contributed by atoms with Crippen LogP contribution in [0.4, 0.5) is 0 Å². The lowest BCUT2D eigenvalue weighted by Gasteiger charge is -2.35. The Labute approximate surface area is 153 Å². The Kier molecular flexibility index (Phi) is 8.86. The van der Waals surface area contributed by atoms with Crippen LogP contribution >= 0.6 is 24.2 Å². The number of carbonyl (C=O) groups is 3. The second-order valence-electron chi connectivity index (χ2n) is 5.94. The number of amides is 3. The number of nitrogens with one attached hydrogen (secondary N) is 1. The lowest BCUT2D eigenvalue weighted by atomic mass is 9.96. The number of nitrogens with two attached hydrogens (primary N) is 1. The van der Waals surface area contributed by atoms with E-state index in [1.165, 1.54) is 0 Å². The van der Waals surface area contributed by atoms with Gasteiger partial charge in [0.15, 0.2) is 0 Å². The molecule has 0 aliphatic carbocycles. The molecule has 2 aliphatic rings. The van der Waals surface area contributed by atoms with Crippen molar-refractivity contribution in [2.75, 3.05) is 37.8 Å². The standard InChI is InChI=1S/C15H26N4O3S.ClH/c1-2-13(20)19-10-23-9-12(19)15(22)18-7-3-4-11(8-18)14(21)17-6-5-16;/h11-12H,2-10,16H2,1H3,(H,17,21);1H. The van der Waals surface area contributed by atoms with Gasteiger partial charge < -0.3 is 20.9 Å². The Morgan fingerprint density at radius 1 is 1.33 bits per heavy atom. The van der Waals surface area contributed by atoms with E-state index >= 15 is 0 Å². The van der Waals surface area contributed by atoms with Gasteiger partial charge in [0.05, 0.1) is 11.8 Å². The summed E-state index contributed by atoms with van der Waals surface area (Å²) in [7, 11) is 0. The van der Waals surface area contributed by atoms with Crippen LogP contribution in [0.3, 0.4) is 0 Å². The van der Waals surface area contributed by atoms with Crippen molar-refractivity contribution in [3.8, 4) is 0 Å². The van der Waals surface area contributed by atoms with Gasteiger partial charge in [0, 0.05) is 38.4 Å². The highest BCUT2D eigenvalue weighted by molar-refractivity contribution is 7.99. The Bertz CT molecular complexity index is 466. The minimum Gasteiger partial charge on any atom is -0.355 e. The fourth-order valence-corrected chi connectivity index (χ4v) is 4.21. The van der Waals surface area contributed by atoms with Crippen molar-refractivity contribution in [2.45, 2.75) is 32.2 Å². The first-order valence-corrected chi connectivity index (χ1v) is 9.37. The number of likely N-dealkylation sites (tertiary alicyclic amines) is 1. The maximum Gasteiger partial charge on any atom is 0.246 e. The third-order valence-electron chi connectivity index (χ3n) is 4.34. The first-order chi connectivity index (χ1) is 11.1. The predicted molar refractivity (Wildman–Crippen MR) is 96.9 cm³/mol. The molecule has 0 aromatic heterocycles. The summed E-state index contributed by atoms with van der Waals surface area (Å²) in [5, 5.41) is 2.80. The van der Waals surface area contributed by atoms with Crippen LogP contribution < -0.4 is 11.1 Å². The van der Waals surface area contributed by atoms with E-state index in [0.29, 0.717) is 44.2 Å². The van der Waals surface area contributed by atoms with Crippen molar-refractivity contribution >= 4 is 41.9 Å². The van der Waals surface area contributed by atoms with Gasteiger partial charge in [0.25, 0.3) is 0 Å². The number of nitrogens with zero attached hydrogens (tertiary/aromatic N) is 2. The largest absolute Gasteiger partial charge is 0.355 e. The molecule has 24 heavy (non-hydrogen) atoms. The highest BCUT2D eigenvalue weighted by Crippen LogP contribution is 2.25. The Balaban J connectivity index is 0.00000288. The minimum atomic E-state index is -0.377. The molecular formula is C15H27ClN4O3S. The summed E-state index contributed by atoms with van der Waals surface area (Å²) in [6.07, 6.45) is 2.01. The fraction of sp³-hybridized carbons (Fsp3) is 0.800. The molecule has 9 heteroatoms. The van der Waals surface area contributed by atoms with E-state index in [0.717, 1.165) is 12.8 Å². The van der Waals surface area contributed by atoms with E-state index in [2.05, 4.69) is 5.32 Å². The van der Waals surface area contributed by atoms with Gasteiger partial charge >= 0.3 is 0 Å². The molecule has 2 fully saturated rings. The average molecular weight is 379 g/mol. The number of hydrogen-bond donors (Lipinski definition) is 2. The van der Waals surface area contributed by atoms with E-state index in [-0.39, 0.29) is 42.1 Å². The van der Waals surface area contributed by atoms with Gasteiger partial charge in [-0.15, -0.1) is 24.2 Å². The van der Waals surface area contributed by atoms with Gasteiger partial charge in [-0.1, -0.05) is 6.92 Å². The maximum atomic E-state index is 12.8. The Morgan fingerprint density at radius 3 is 2.75 bits per heavy atom. The summed E-state index contributed by atoms with van der Waals surface area (Å²) in [6.45, 7) is 3.78. The van der Waals surface area contributed by atoms with E-state index in [4.69, 9.17) is 5.73 Å². The molecule has 2 aliphatic heterocycles. The average Bonchev–Trinajstić information content (AvgIpc) is 3.08. The molecule has 2 atom stereocenters. The highest BCUT2D eigenvalue weighted by Gasteiger charge is 2.38. The van der Waals surface area contributed by atoms with Crippen molar-refractivity contribution in [1.82, 2.24) is 15.1 Å². The van der Waals surface area contributed by atoms with Crippen LogP contribution in [0, 0.1) is 5.92 Å². The van der Waals surface area contributed by atoms with Crippen LogP contribution in [0.2, 0.25) is 0 Å². The minimum absolute atomic E-state index is 0. The fourth-order valence-electron chi connectivity index (χ4n) is 3.04. The number of carbonyl (C=O) groups excluding carboxylic acids is 3. The summed E-state index contributed by atoms with van der Waals surface area (Å²) in [5.74, 6) is 1.01. The smallest absolute Gasteiger partial charge is 0.246 e. The van der Waals surface area contributed by atoms with Gasteiger partial charge in [0.2, 0.25) is 17.7 Å². The zero-order valence-corrected chi connectivity index (χ0v) is 15.7. The van der Waals surface area contributed by atoms with Crippen LogP contribution in [0.5, 0.6) is 0 Å². The Morgan fingerprint density at radius 2 is 2.08 bits per heavy atom. The van der Waals surface area contributed by atoms with Crippen molar-refractivity contribution in [1.29, 1.82) is 0 Å². The molecule has 0 radical (unpaired) electrons. The SMILES string of the molecule is CCC(=O)N1CSCC1C(=O)N1CCCC(C(=O)NCCN)C1.Cl. The quantitative estimate of drug-likeness (QED) is 0.703. The molecule has 2 rings (SSSR count). The molecule has 0 aromatic carbocycles. The lowest BCUT2D eigenvalue weighted by Crippen LogP contribution is -2.53. The first-order valence-electron chi connectivity index (χ1n) is 8.22. The summed E-state index contributed by atoms with van der Waals surface area (Å²) in [4.78, 5) is 40.3. The molecule has 2 saturated heterocycles. The van der Waals surface area contributed by atoms with Gasteiger partial charge in [-0.25, -0.2) is 0 Å². The Hall–Kier alpha value is -0.990. The van der Waals surface area contributed by atoms with Crippen LogP contribution in [0.15, 0.2) is 0 Å². The summed E-state index contributed by atoms with van der Waals surface area (Å²) in [6, 6.07) is -0.377. The van der Waals surface area contributed by atoms with Crippen molar-refractivity contribution in [3.05, 3.63) is 0 Å². The second kappa shape index (κ2) is 10.1. The van der Waals surface area contributed by atoms with Crippen molar-refractivity contribution in [3.63, 3.8) is 0 Å². The predicted octanol–water partition coefficient (Wildman–Crippen LogP) is 0.0332. The second-order valence-corrected chi connectivity index (χ2v) is 6.94. The first kappa shape index (κ1) is 21.1. The van der Waals surface area contributed by atoms with Crippen LogP contribution in [-0.2, 0) is 14.4 Å². The van der Waals surface area contributed by atoms with Crippen LogP contribution in [0.1, 0.15) is 26.2 Å². The maximum absolute atomic E-state index is 12.8. The zero-order chi connectivity index (χ0) is 16.8. The molecule has 0 saturated carbocycles. The lowest BCUT2D eigenvalue weighted by molar-refractivity contribution is -0.145. The van der Waals surface area contributed by atoms with Gasteiger partial charge in [-0.2, -0.15) is 0 Å². The van der Waals surface area contributed by atoms with E-state index < -0.39 is 0 Å². The normalized spacial score (nSPS) is 23.6. The molecule has 0 spiro atoms. The van der Waals surface area contributed by atoms with E-state index in [9.17, 15) is 14.4 Å². The van der Waals surface area contributed by atoms with Gasteiger partial charge in [-0.3, -0.25) is 14.4 Å². The molecule has 2 unspecified atom stereocenters. The van der Waals surface area contributed by atoms with Crippen molar-refractivity contribution < 1.29 is 14.4 Å². The summed E-state index contributed by atoms with van der Waals surface area (Å²) >= 11 is 1.61. The molecule has 0 bridgehead atoms. The number of rotatable bonds is 5. The molecule has 138 valence electrons. The molecule has 3 amide bonds. The molecule has 7 nitrogen and oxygen atoms in total. The summed E-state index contributed by atoms with van der Waals surface area (Å²) in [5.41, 5.74) is 5.40. The molecule has 2 heterocycles. The molecular weight excluding hydrogens is 352 g/mol. The molecule has 3 N–H and O–H groups in total. The van der Waals surface area contributed by atoms with E-state index in [1.54, 1.807) is 21.6 Å². The van der Waals surface area contributed by atoms with E-state index in [1.807, 2.05) is 6.92 Å². The highest BCUT2D eigenvalue weighted by atomic mass is 35.5. The van der Waals surface area contributed by atoms with Crippen molar-refractivity contribution in [2.24, 2.45) is 11.7 Å². The number of hydrogen-bond acceptors (Lipinski definition) is 5. The number of thioether (sulfide) groups is 1. The summed E-state index contributed by atoms with van der Waals surface area (Å²) < 4.78 is 0. The topological polar surface area (TPSA) is 95.7 Å². The molecule has 0 aromatic rings. The van der Waals surface area contributed by atoms with Crippen LogP contribution in [-0.4, -0.2) is 71.4 Å². The number of halogens is 1. The van der Waals surface area contributed by atoms with Crippen LogP contribution in [0.25, 0.3) is 0 Å². The third-order valence-corrected chi connectivity index (χ3v) is 5.35. The van der Waals surface area contributed by atoms with Gasteiger partial charge in [-0.05, 0) is 12.8 Å². The third kappa shape index (κ3) is 5.00. The number of piperidine rings is 1. The van der Waals surface area contributed by atoms with Gasteiger partial charge in [0.1, 0.15) is 6.04 Å². The monoisotopic (exact) mass is 378 g/mol.